The SMILES string of the molecule is [2H]c1cc2c3c(c1)N(c1ccc(C(C)(C)C)cc1)c1c(n(-c4ccc(C(C)(C)C)cc4)c4ccc5c6cc7ccccc7cc6sc5c14)B3c1cc(C(C)(C)C)ccc1N2c1ccc(C(C)(C)C)cc1. The summed E-state index contributed by atoms with van der Waals surface area (Å²) in [6, 6.07) is 58.1. The number of nitrogens with zero attached hydrogens (tertiary/aromatic N) is 3. The van der Waals surface area contributed by atoms with Gasteiger partial charge in [0, 0.05) is 65.3 Å². The van der Waals surface area contributed by atoms with Crippen molar-refractivity contribution in [3.05, 3.63) is 180 Å². The van der Waals surface area contributed by atoms with Crippen molar-refractivity contribution >= 4 is 111 Å². The first kappa shape index (κ1) is 42.5. The van der Waals surface area contributed by atoms with Crippen LogP contribution in [0, 0.1) is 0 Å². The molecule has 0 N–H and O–H groups in total. The normalized spacial score (nSPS) is 14.2. The van der Waals surface area contributed by atoms with Gasteiger partial charge in [-0.05, 0) is 138 Å². The number of hydrogen-bond donors (Lipinski definition) is 0. The Labute approximate surface area is 414 Å². The van der Waals surface area contributed by atoms with Gasteiger partial charge in [-0.1, -0.05) is 168 Å². The van der Waals surface area contributed by atoms with Crippen molar-refractivity contribution in [2.75, 3.05) is 9.80 Å². The molecule has 0 bridgehead atoms. The molecule has 12 rings (SSSR count). The van der Waals surface area contributed by atoms with Crippen molar-refractivity contribution in [2.24, 2.45) is 0 Å². The van der Waals surface area contributed by atoms with E-state index in [9.17, 15) is 1.37 Å². The maximum Gasteiger partial charge on any atom is 0.273 e. The molecule has 0 saturated carbocycles. The molecule has 10 aromatic rings. The van der Waals surface area contributed by atoms with Crippen LogP contribution in [-0.4, -0.2) is 11.3 Å². The second-order valence-electron chi connectivity index (χ2n) is 23.9. The Bertz CT molecular complexity index is 3760. The fourth-order valence-electron chi connectivity index (χ4n) is 11.2. The molecular formula is C64H62BN3S. The van der Waals surface area contributed by atoms with E-state index in [4.69, 9.17) is 0 Å². The highest BCUT2D eigenvalue weighted by atomic mass is 32.1. The van der Waals surface area contributed by atoms with Crippen molar-refractivity contribution in [3.63, 3.8) is 0 Å². The van der Waals surface area contributed by atoms with Gasteiger partial charge in [0.1, 0.15) is 0 Å². The molecule has 8 aromatic carbocycles. The van der Waals surface area contributed by atoms with E-state index >= 15 is 0 Å². The zero-order valence-electron chi connectivity index (χ0n) is 43.3. The molecule has 2 aromatic heterocycles. The smallest absolute Gasteiger partial charge is 0.273 e. The molecule has 0 saturated heterocycles. The zero-order valence-corrected chi connectivity index (χ0v) is 43.1. The van der Waals surface area contributed by atoms with Gasteiger partial charge in [-0.3, -0.25) is 0 Å². The number of aromatic nitrogens is 1. The van der Waals surface area contributed by atoms with E-state index in [0.29, 0.717) is 6.04 Å². The lowest BCUT2D eigenvalue weighted by Gasteiger charge is -2.44. The molecule has 342 valence electrons. The Balaban J connectivity index is 1.26. The van der Waals surface area contributed by atoms with Crippen molar-refractivity contribution in [2.45, 2.75) is 105 Å². The van der Waals surface area contributed by atoms with Crippen LogP contribution >= 0.6 is 11.3 Å². The molecule has 0 amide bonds. The Hall–Kier alpha value is -6.56. The third-order valence-corrected chi connectivity index (χ3v) is 16.3. The Morgan fingerprint density at radius 3 is 1.54 bits per heavy atom. The monoisotopic (exact) mass is 916 g/mol. The van der Waals surface area contributed by atoms with Gasteiger partial charge < -0.3 is 14.4 Å². The van der Waals surface area contributed by atoms with Crippen LogP contribution in [-0.2, 0) is 21.7 Å². The van der Waals surface area contributed by atoms with Gasteiger partial charge >= 0.3 is 0 Å². The molecule has 5 heteroatoms. The maximum atomic E-state index is 9.78. The molecule has 3 nitrogen and oxygen atoms in total. The minimum atomic E-state index is -0.171. The van der Waals surface area contributed by atoms with Crippen LogP contribution in [0.15, 0.2) is 158 Å². The highest BCUT2D eigenvalue weighted by molar-refractivity contribution is 7.27. The summed E-state index contributed by atoms with van der Waals surface area (Å²) >= 11 is 1.91. The highest BCUT2D eigenvalue weighted by Gasteiger charge is 2.47. The van der Waals surface area contributed by atoms with Gasteiger partial charge in [0.2, 0.25) is 0 Å². The number of anilines is 6. The number of fused-ring (bicyclic) bond motifs is 11. The van der Waals surface area contributed by atoms with Crippen molar-refractivity contribution < 1.29 is 1.37 Å². The largest absolute Gasteiger partial charge is 0.319 e. The van der Waals surface area contributed by atoms with Crippen molar-refractivity contribution in [1.82, 2.24) is 4.57 Å². The zero-order chi connectivity index (χ0) is 49.0. The third kappa shape index (κ3) is 6.82. The van der Waals surface area contributed by atoms with Crippen LogP contribution in [0.5, 0.6) is 0 Å². The predicted octanol–water partition coefficient (Wildman–Crippen LogP) is 16.4. The molecule has 4 heterocycles. The van der Waals surface area contributed by atoms with Crippen molar-refractivity contribution in [1.29, 1.82) is 0 Å². The van der Waals surface area contributed by atoms with Gasteiger partial charge in [-0.15, -0.1) is 11.3 Å². The first-order valence-electron chi connectivity index (χ1n) is 25.3. The van der Waals surface area contributed by atoms with Crippen LogP contribution in [0.2, 0.25) is 0 Å². The highest BCUT2D eigenvalue weighted by Crippen LogP contribution is 2.51. The van der Waals surface area contributed by atoms with Gasteiger partial charge in [0.05, 0.1) is 12.6 Å². The summed E-state index contributed by atoms with van der Waals surface area (Å²) in [6.45, 7) is 27.4. The topological polar surface area (TPSA) is 11.4 Å². The van der Waals surface area contributed by atoms with Crippen LogP contribution in [0.25, 0.3) is 47.5 Å². The fourth-order valence-corrected chi connectivity index (χ4v) is 12.5. The van der Waals surface area contributed by atoms with Gasteiger partial charge in [-0.2, -0.15) is 0 Å². The minimum Gasteiger partial charge on any atom is -0.319 e. The Kier molecular flexibility index (Phi) is 9.23. The van der Waals surface area contributed by atoms with Gasteiger partial charge in [0.25, 0.3) is 6.71 Å². The molecule has 0 radical (unpaired) electrons. The van der Waals surface area contributed by atoms with E-state index in [1.54, 1.807) is 0 Å². The standard InChI is InChI=1S/C64H62BN3S/c1-61(2,3)41-20-27-45(28-21-41)66-51-34-26-44(64(10,11)12)38-50(51)65-57-53(66)18-15-19-54(57)67(46-29-22-42(23-30-46)62(4,5)6)58-56-52(68(60(58)65)47-31-24-43(25-32-47)63(7,8)9)35-33-48-49-36-39-16-13-14-17-40(39)37-55(49)69-59(48)56/h13-38H,1-12H3/i15D. The van der Waals surface area contributed by atoms with Crippen LogP contribution in [0.4, 0.5) is 34.1 Å². The lowest BCUT2D eigenvalue weighted by atomic mass is 9.34. The molecular weight excluding hydrogens is 854 g/mol. The number of benzene rings is 8. The summed E-state index contributed by atoms with van der Waals surface area (Å²) in [5, 5.41) is 6.32. The molecule has 0 unspecified atom stereocenters. The van der Waals surface area contributed by atoms with Gasteiger partial charge in [-0.25, -0.2) is 0 Å². The van der Waals surface area contributed by atoms with E-state index in [-0.39, 0.29) is 28.4 Å². The van der Waals surface area contributed by atoms with Crippen LogP contribution in [0.1, 0.15) is 107 Å². The average molecular weight is 917 g/mol. The van der Waals surface area contributed by atoms with Crippen molar-refractivity contribution in [3.8, 4) is 5.69 Å². The summed E-state index contributed by atoms with van der Waals surface area (Å²) in [7, 11) is 0. The Morgan fingerprint density at radius 1 is 0.464 bits per heavy atom. The first-order chi connectivity index (χ1) is 33.1. The number of rotatable bonds is 3. The van der Waals surface area contributed by atoms with E-state index in [1.165, 1.54) is 86.3 Å². The molecule has 0 fully saturated rings. The van der Waals surface area contributed by atoms with Gasteiger partial charge in [0.15, 0.2) is 0 Å². The summed E-state index contributed by atoms with van der Waals surface area (Å²) in [4.78, 5) is 4.99. The molecule has 0 spiro atoms. The summed E-state index contributed by atoms with van der Waals surface area (Å²) in [5.41, 5.74) is 17.8. The molecule has 2 aliphatic heterocycles. The predicted molar refractivity (Wildman–Crippen MR) is 302 cm³/mol. The first-order valence-corrected chi connectivity index (χ1v) is 25.6. The molecule has 0 aliphatic carbocycles. The van der Waals surface area contributed by atoms with E-state index < -0.39 is 0 Å². The quantitative estimate of drug-likeness (QED) is 0.164. The maximum absolute atomic E-state index is 9.78. The summed E-state index contributed by atoms with van der Waals surface area (Å²) < 4.78 is 15.0. The summed E-state index contributed by atoms with van der Waals surface area (Å²) in [5.74, 6) is 0. The Morgan fingerprint density at radius 2 is 0.971 bits per heavy atom. The number of thiophene rings is 1. The molecule has 0 atom stereocenters. The lowest BCUT2D eigenvalue weighted by Crippen LogP contribution is -2.63. The van der Waals surface area contributed by atoms with E-state index in [2.05, 4.69) is 249 Å². The second kappa shape index (κ2) is 15.0. The number of hydrogen-bond acceptors (Lipinski definition) is 3. The molecule has 69 heavy (non-hydrogen) atoms. The van der Waals surface area contributed by atoms with Crippen LogP contribution < -0.4 is 26.3 Å². The summed E-state index contributed by atoms with van der Waals surface area (Å²) in [6.07, 6.45) is 0. The van der Waals surface area contributed by atoms with E-state index in [1.807, 2.05) is 11.3 Å². The fraction of sp³-hybridized carbons (Fsp3) is 0.250. The molecule has 2 aliphatic rings. The van der Waals surface area contributed by atoms with E-state index in [0.717, 1.165) is 34.1 Å². The minimum absolute atomic E-state index is 0.00152. The lowest BCUT2D eigenvalue weighted by molar-refractivity contribution is 0.590. The third-order valence-electron chi connectivity index (χ3n) is 15.1. The van der Waals surface area contributed by atoms with Crippen LogP contribution in [0.3, 0.4) is 0 Å². The average Bonchev–Trinajstić information content (AvgIpc) is 3.85. The second-order valence-corrected chi connectivity index (χ2v) is 24.9.